The van der Waals surface area contributed by atoms with Crippen molar-refractivity contribution < 1.29 is 52.5 Å². The van der Waals surface area contributed by atoms with Gasteiger partial charge in [-0.2, -0.15) is 0 Å². The Labute approximate surface area is 426 Å². The van der Waals surface area contributed by atoms with E-state index < -0.39 is 47.7 Å². The number of fused-ring (bicyclic) bond motifs is 14. The lowest BCUT2D eigenvalue weighted by atomic mass is 9.89. The first-order valence-electron chi connectivity index (χ1n) is 25.8. The van der Waals surface area contributed by atoms with Gasteiger partial charge in [0.25, 0.3) is 17.7 Å². The number of benzene rings is 4. The van der Waals surface area contributed by atoms with E-state index in [1.165, 1.54) is 0 Å². The summed E-state index contributed by atoms with van der Waals surface area (Å²) in [5.41, 5.74) is 5.57. The number of carbonyl (C=O) groups excluding carboxylic acids is 6. The molecule has 386 valence electrons. The second-order valence-electron chi connectivity index (χ2n) is 20.3. The van der Waals surface area contributed by atoms with E-state index in [-0.39, 0.29) is 47.7 Å². The largest absolute Gasteiger partial charge is 0.382 e. The third-order valence-electron chi connectivity index (χ3n) is 16.3. The van der Waals surface area contributed by atoms with Gasteiger partial charge in [-0.05, 0) is 69.1 Å². The summed E-state index contributed by atoms with van der Waals surface area (Å²) in [7, 11) is 3.65. The summed E-state index contributed by atoms with van der Waals surface area (Å²) in [4.78, 5) is 84.2. The zero-order valence-corrected chi connectivity index (χ0v) is 41.8. The Morgan fingerprint density at radius 2 is 1.51 bits per heavy atom. The van der Waals surface area contributed by atoms with E-state index in [2.05, 4.69) is 61.2 Å². The molecule has 19 heteroatoms. The molecule has 3 fully saturated rings. The number of nitrogens with one attached hydrogen (secondary N) is 3. The number of anilines is 1. The SMILES string of the molecule is CO[C@@H]1C(N(C)C(=O)C2CCN(CCOCCOCCOCCNc3cccc4c3C(=O)N(C3CCC(=O)NC3=O)C4=O)CC2)C[C@H]2O[C@]1(C)n1c3ccccc3c3c4c(c5c6ccccc6n2c5c31)C(=O)NC4. The Hall–Kier alpha value is -6.74. The molecule has 6 amide bonds. The summed E-state index contributed by atoms with van der Waals surface area (Å²) in [6.07, 6.45) is 1.16. The van der Waals surface area contributed by atoms with Crippen LogP contribution in [0.5, 0.6) is 0 Å². The molecule has 3 N–H and O–H groups in total. The first kappa shape index (κ1) is 48.2. The minimum Gasteiger partial charge on any atom is -0.382 e. The molecular formula is C55H60N8O11. The number of ether oxygens (including phenoxy) is 5. The van der Waals surface area contributed by atoms with Gasteiger partial charge in [0.05, 0.1) is 84.4 Å². The average Bonchev–Trinajstić information content (AvgIpc) is 4.14. The first-order valence-corrected chi connectivity index (χ1v) is 25.8. The highest BCUT2D eigenvalue weighted by atomic mass is 16.6. The quantitative estimate of drug-likeness (QED) is 0.0826. The maximum absolute atomic E-state index is 14.7. The molecule has 4 aromatic carbocycles. The van der Waals surface area contributed by atoms with E-state index in [9.17, 15) is 28.8 Å². The number of nitrogens with zero attached hydrogens (tertiary/aromatic N) is 5. The van der Waals surface area contributed by atoms with E-state index >= 15 is 0 Å². The van der Waals surface area contributed by atoms with Crippen LogP contribution in [0.2, 0.25) is 0 Å². The van der Waals surface area contributed by atoms with Gasteiger partial charge in [0.2, 0.25) is 17.7 Å². The van der Waals surface area contributed by atoms with Crippen molar-refractivity contribution in [3.05, 3.63) is 89.0 Å². The summed E-state index contributed by atoms with van der Waals surface area (Å²) in [5.74, 6) is -2.28. The first-order chi connectivity index (χ1) is 36.0. The molecule has 0 spiro atoms. The Morgan fingerprint density at radius 3 is 2.26 bits per heavy atom. The number of rotatable bonds is 17. The number of amides is 6. The van der Waals surface area contributed by atoms with Crippen LogP contribution in [0.4, 0.5) is 5.69 Å². The molecule has 0 radical (unpaired) electrons. The summed E-state index contributed by atoms with van der Waals surface area (Å²) >= 11 is 0. The van der Waals surface area contributed by atoms with Gasteiger partial charge in [-0.15, -0.1) is 0 Å². The lowest BCUT2D eigenvalue weighted by Crippen LogP contribution is -2.62. The molecule has 5 atom stereocenters. The summed E-state index contributed by atoms with van der Waals surface area (Å²) in [5, 5.41) is 12.6. The number of hydrogen-bond donors (Lipinski definition) is 3. The Kier molecular flexibility index (Phi) is 12.5. The van der Waals surface area contributed by atoms with Gasteiger partial charge in [-0.1, -0.05) is 42.5 Å². The highest BCUT2D eigenvalue weighted by molar-refractivity contribution is 6.31. The van der Waals surface area contributed by atoms with Crippen LogP contribution >= 0.6 is 0 Å². The number of aromatic nitrogens is 2. The van der Waals surface area contributed by atoms with Crippen molar-refractivity contribution in [1.82, 2.24) is 34.5 Å². The molecule has 2 aromatic heterocycles. The van der Waals surface area contributed by atoms with Gasteiger partial charge >= 0.3 is 0 Å². The molecule has 12 rings (SSSR count). The van der Waals surface area contributed by atoms with Crippen LogP contribution in [0.15, 0.2) is 66.7 Å². The van der Waals surface area contributed by atoms with E-state index in [0.717, 1.165) is 92.1 Å². The van der Waals surface area contributed by atoms with Crippen molar-refractivity contribution in [2.24, 2.45) is 5.92 Å². The molecule has 2 bridgehead atoms. The van der Waals surface area contributed by atoms with Gasteiger partial charge in [0.1, 0.15) is 18.4 Å². The molecular weight excluding hydrogens is 949 g/mol. The molecule has 8 heterocycles. The molecule has 6 aliphatic rings. The molecule has 19 nitrogen and oxygen atoms in total. The van der Waals surface area contributed by atoms with Gasteiger partial charge < -0.3 is 53.3 Å². The number of likely N-dealkylation sites (N-methyl/N-ethyl adjacent to an activating group) is 1. The maximum atomic E-state index is 14.7. The van der Waals surface area contributed by atoms with Crippen molar-refractivity contribution in [2.45, 2.75) is 75.7 Å². The standard InChI is InChI=1S/C55H60N8O11/c1-55-49(70-3)40(29-42(74-55)61-37-13-6-4-9-32(37)45-46-35(30-57-51(46)66)43-33-10-5-7-14-38(33)63(55)48(43)47(45)61)59(2)52(67)31-17-20-60(21-18-31)22-24-72-26-28-73-27-25-71-23-19-56-36-12-8-11-34-44(36)54(69)62(53(34)68)39-15-16-41(64)58-50(39)65/h4-14,31,39-40,42,49,56H,15-30H2,1-3H3,(H,57,66)(H,58,64,65)/t39?,40?,42-,49-,55+/m1/s1. The Morgan fingerprint density at radius 1 is 0.811 bits per heavy atom. The van der Waals surface area contributed by atoms with Crippen LogP contribution in [0.3, 0.4) is 0 Å². The fourth-order valence-corrected chi connectivity index (χ4v) is 12.9. The number of hydrogen-bond acceptors (Lipinski definition) is 13. The zero-order valence-electron chi connectivity index (χ0n) is 41.8. The number of imide groups is 2. The predicted octanol–water partition coefficient (Wildman–Crippen LogP) is 4.87. The maximum Gasteiger partial charge on any atom is 0.264 e. The Balaban J connectivity index is 0.612. The molecule has 0 saturated carbocycles. The minimum absolute atomic E-state index is 0.0570. The van der Waals surface area contributed by atoms with Crippen molar-refractivity contribution >= 4 is 84.7 Å². The molecule has 3 saturated heterocycles. The van der Waals surface area contributed by atoms with E-state index in [0.29, 0.717) is 64.8 Å². The van der Waals surface area contributed by atoms with Crippen molar-refractivity contribution in [2.75, 3.05) is 85.3 Å². The molecule has 0 aliphatic carbocycles. The summed E-state index contributed by atoms with van der Waals surface area (Å²) in [6.45, 7) is 7.70. The second kappa shape index (κ2) is 19.2. The van der Waals surface area contributed by atoms with E-state index in [1.54, 1.807) is 25.3 Å². The third kappa shape index (κ3) is 7.68. The van der Waals surface area contributed by atoms with Crippen LogP contribution in [0, 0.1) is 5.92 Å². The van der Waals surface area contributed by atoms with Crippen LogP contribution in [-0.2, 0) is 50.3 Å². The number of methoxy groups -OCH3 is 1. The smallest absolute Gasteiger partial charge is 0.264 e. The zero-order chi connectivity index (χ0) is 51.0. The van der Waals surface area contributed by atoms with Crippen LogP contribution < -0.4 is 16.0 Å². The summed E-state index contributed by atoms with van der Waals surface area (Å²) in [6, 6.07) is 20.2. The number of likely N-dealkylation sites (tertiary alicyclic amines) is 1. The third-order valence-corrected chi connectivity index (χ3v) is 16.3. The lowest BCUT2D eigenvalue weighted by molar-refractivity contribution is -0.266. The minimum atomic E-state index is -1.03. The van der Waals surface area contributed by atoms with Gasteiger partial charge in [-0.3, -0.25) is 39.0 Å². The second-order valence-corrected chi connectivity index (χ2v) is 20.3. The van der Waals surface area contributed by atoms with Crippen molar-refractivity contribution in [3.8, 4) is 0 Å². The molecule has 6 aromatic rings. The lowest BCUT2D eigenvalue weighted by Gasteiger charge is -2.51. The summed E-state index contributed by atoms with van der Waals surface area (Å²) < 4.78 is 35.8. The van der Waals surface area contributed by atoms with Crippen LogP contribution in [0.25, 0.3) is 43.6 Å². The number of piperidine rings is 2. The molecule has 2 unspecified atom stereocenters. The van der Waals surface area contributed by atoms with Crippen LogP contribution in [-0.4, -0.2) is 157 Å². The topological polar surface area (TPSA) is 204 Å². The van der Waals surface area contributed by atoms with E-state index in [4.69, 9.17) is 23.7 Å². The van der Waals surface area contributed by atoms with Crippen LogP contribution in [0.1, 0.15) is 81.9 Å². The van der Waals surface area contributed by atoms with Gasteiger partial charge in [-0.25, -0.2) is 0 Å². The monoisotopic (exact) mass is 1010 g/mol. The highest BCUT2D eigenvalue weighted by Crippen LogP contribution is 2.54. The van der Waals surface area contributed by atoms with Crippen molar-refractivity contribution in [3.63, 3.8) is 0 Å². The number of para-hydroxylation sites is 2. The fraction of sp³-hybridized carbons (Fsp3) is 0.455. The average molecular weight is 1010 g/mol. The van der Waals surface area contributed by atoms with E-state index in [1.807, 2.05) is 36.2 Å². The normalized spacial score (nSPS) is 23.8. The molecule has 6 aliphatic heterocycles. The molecule has 74 heavy (non-hydrogen) atoms. The van der Waals surface area contributed by atoms with Crippen molar-refractivity contribution in [1.29, 1.82) is 0 Å². The predicted molar refractivity (Wildman–Crippen MR) is 273 cm³/mol. The number of carbonyl (C=O) groups is 6. The highest BCUT2D eigenvalue weighted by Gasteiger charge is 2.55. The van der Waals surface area contributed by atoms with Gasteiger partial charge in [0, 0.05) is 79.8 Å². The van der Waals surface area contributed by atoms with Gasteiger partial charge in [0.15, 0.2) is 5.72 Å². The Bertz CT molecular complexity index is 3300. The fourth-order valence-electron chi connectivity index (χ4n) is 12.9.